The molecule has 2 aromatic rings. The lowest BCUT2D eigenvalue weighted by atomic mass is 10.1. The Balaban J connectivity index is 2.31. The van der Waals surface area contributed by atoms with Crippen LogP contribution < -0.4 is 4.74 Å². The number of thioether (sulfide) groups is 1. The van der Waals surface area contributed by atoms with Gasteiger partial charge in [0.25, 0.3) is 0 Å². The normalized spacial score (nSPS) is 11.6. The fourth-order valence-corrected chi connectivity index (χ4v) is 2.97. The highest BCUT2D eigenvalue weighted by Gasteiger charge is 2.10. The molecule has 112 valence electrons. The monoisotopic (exact) mass is 302 g/mol. The summed E-state index contributed by atoms with van der Waals surface area (Å²) in [6, 6.07) is 8.15. The quantitative estimate of drug-likeness (QED) is 0.663. The van der Waals surface area contributed by atoms with Gasteiger partial charge in [-0.15, -0.1) is 11.8 Å². The van der Waals surface area contributed by atoms with E-state index >= 15 is 0 Å². The standard InChI is InChI=1S/C17H22N2OS/c1-3-5-12-21-13-16(19-11-10-18-14-19)15-8-6-7-9-17(15)20-4-2/h6-11,13-14H,3-5,12H2,1-2H3/b16-13+. The summed E-state index contributed by atoms with van der Waals surface area (Å²) < 4.78 is 7.80. The van der Waals surface area contributed by atoms with Crippen LogP contribution in [0.15, 0.2) is 48.4 Å². The van der Waals surface area contributed by atoms with Gasteiger partial charge in [-0.3, -0.25) is 0 Å². The molecule has 0 saturated heterocycles. The minimum absolute atomic E-state index is 0.664. The van der Waals surface area contributed by atoms with Crippen molar-refractivity contribution in [3.63, 3.8) is 0 Å². The van der Waals surface area contributed by atoms with Gasteiger partial charge in [0.1, 0.15) is 5.75 Å². The second kappa shape index (κ2) is 8.57. The first kappa shape index (κ1) is 15.7. The summed E-state index contributed by atoms with van der Waals surface area (Å²) in [7, 11) is 0. The van der Waals surface area contributed by atoms with Crippen LogP contribution in [0.25, 0.3) is 5.70 Å². The van der Waals surface area contributed by atoms with E-state index in [-0.39, 0.29) is 0 Å². The molecule has 0 aliphatic carbocycles. The molecule has 0 unspecified atom stereocenters. The van der Waals surface area contributed by atoms with E-state index < -0.39 is 0 Å². The SMILES string of the molecule is CCCCS/C=C(\c1ccccc1OCC)n1ccnc1. The topological polar surface area (TPSA) is 27.1 Å². The third-order valence-corrected chi connectivity index (χ3v) is 3.97. The zero-order valence-electron chi connectivity index (χ0n) is 12.7. The molecule has 0 atom stereocenters. The molecular weight excluding hydrogens is 280 g/mol. The largest absolute Gasteiger partial charge is 0.493 e. The Morgan fingerprint density at radius 3 is 2.90 bits per heavy atom. The number of unbranched alkanes of at least 4 members (excludes halogenated alkanes) is 1. The number of hydrogen-bond acceptors (Lipinski definition) is 3. The maximum absolute atomic E-state index is 5.76. The molecule has 0 bridgehead atoms. The Morgan fingerprint density at radius 1 is 1.33 bits per heavy atom. The molecule has 1 aromatic carbocycles. The number of hydrogen-bond donors (Lipinski definition) is 0. The molecule has 0 spiro atoms. The predicted octanol–water partition coefficient (Wildman–Crippen LogP) is 4.66. The van der Waals surface area contributed by atoms with Gasteiger partial charge < -0.3 is 9.30 Å². The molecule has 0 radical (unpaired) electrons. The van der Waals surface area contributed by atoms with E-state index in [0.717, 1.165) is 22.8 Å². The molecule has 0 aliphatic heterocycles. The van der Waals surface area contributed by atoms with Crippen molar-refractivity contribution in [1.82, 2.24) is 9.55 Å². The minimum atomic E-state index is 0.664. The predicted molar refractivity (Wildman–Crippen MR) is 90.6 cm³/mol. The molecule has 0 N–H and O–H groups in total. The van der Waals surface area contributed by atoms with Crippen LogP contribution in [0.3, 0.4) is 0 Å². The molecular formula is C17H22N2OS. The first-order valence-electron chi connectivity index (χ1n) is 7.39. The number of imidazole rings is 1. The average molecular weight is 302 g/mol. The summed E-state index contributed by atoms with van der Waals surface area (Å²) >= 11 is 1.84. The van der Waals surface area contributed by atoms with Crippen LogP contribution in [-0.4, -0.2) is 21.9 Å². The van der Waals surface area contributed by atoms with Gasteiger partial charge in [0.2, 0.25) is 0 Å². The minimum Gasteiger partial charge on any atom is -0.493 e. The highest BCUT2D eigenvalue weighted by Crippen LogP contribution is 2.29. The van der Waals surface area contributed by atoms with Crippen LogP contribution >= 0.6 is 11.8 Å². The van der Waals surface area contributed by atoms with Gasteiger partial charge in [-0.25, -0.2) is 4.98 Å². The van der Waals surface area contributed by atoms with Crippen LogP contribution in [0.1, 0.15) is 32.3 Å². The van der Waals surface area contributed by atoms with Gasteiger partial charge in [-0.05, 0) is 36.6 Å². The number of ether oxygens (including phenoxy) is 1. The molecule has 21 heavy (non-hydrogen) atoms. The lowest BCUT2D eigenvalue weighted by molar-refractivity contribution is 0.339. The number of para-hydroxylation sites is 1. The average Bonchev–Trinajstić information content (AvgIpc) is 3.03. The van der Waals surface area contributed by atoms with Crippen molar-refractivity contribution < 1.29 is 4.74 Å². The van der Waals surface area contributed by atoms with Gasteiger partial charge in [-0.2, -0.15) is 0 Å². The van der Waals surface area contributed by atoms with Crippen molar-refractivity contribution in [2.24, 2.45) is 0 Å². The van der Waals surface area contributed by atoms with Crippen molar-refractivity contribution in [2.75, 3.05) is 12.4 Å². The van der Waals surface area contributed by atoms with Crippen molar-refractivity contribution in [1.29, 1.82) is 0 Å². The molecule has 2 rings (SSSR count). The zero-order chi connectivity index (χ0) is 14.9. The van der Waals surface area contributed by atoms with Crippen LogP contribution in [0.4, 0.5) is 0 Å². The van der Waals surface area contributed by atoms with E-state index in [1.165, 1.54) is 12.8 Å². The molecule has 3 nitrogen and oxygen atoms in total. The molecule has 1 aromatic heterocycles. The van der Waals surface area contributed by atoms with Crippen molar-refractivity contribution in [3.05, 3.63) is 54.0 Å². The van der Waals surface area contributed by atoms with Gasteiger partial charge in [-0.1, -0.05) is 25.5 Å². The molecule has 0 saturated carbocycles. The summed E-state index contributed by atoms with van der Waals surface area (Å²) in [6.45, 7) is 4.88. The summed E-state index contributed by atoms with van der Waals surface area (Å²) in [5.74, 6) is 2.04. The molecule has 0 aliphatic rings. The van der Waals surface area contributed by atoms with Gasteiger partial charge >= 0.3 is 0 Å². The molecule has 0 fully saturated rings. The second-order valence-corrected chi connectivity index (χ2v) is 5.60. The Bertz CT molecular complexity index is 564. The number of benzene rings is 1. The highest BCUT2D eigenvalue weighted by atomic mass is 32.2. The summed E-state index contributed by atoms with van der Waals surface area (Å²) in [5, 5.41) is 2.20. The van der Waals surface area contributed by atoms with E-state index in [0.29, 0.717) is 6.61 Å². The maximum atomic E-state index is 5.76. The first-order valence-corrected chi connectivity index (χ1v) is 8.44. The van der Waals surface area contributed by atoms with Crippen molar-refractivity contribution in [2.45, 2.75) is 26.7 Å². The Kier molecular flexibility index (Phi) is 6.41. The lowest BCUT2D eigenvalue weighted by Crippen LogP contribution is -2.01. The zero-order valence-corrected chi connectivity index (χ0v) is 13.5. The fourth-order valence-electron chi connectivity index (χ4n) is 1.99. The molecule has 4 heteroatoms. The van der Waals surface area contributed by atoms with E-state index in [2.05, 4.69) is 23.4 Å². The Labute approximate surface area is 131 Å². The number of nitrogens with zero attached hydrogens (tertiary/aromatic N) is 2. The number of rotatable bonds is 8. The van der Waals surface area contributed by atoms with Gasteiger partial charge in [0.15, 0.2) is 0 Å². The van der Waals surface area contributed by atoms with Crippen LogP contribution in [-0.2, 0) is 0 Å². The van der Waals surface area contributed by atoms with Gasteiger partial charge in [0.05, 0.1) is 18.6 Å². The van der Waals surface area contributed by atoms with Gasteiger partial charge in [0, 0.05) is 18.0 Å². The lowest BCUT2D eigenvalue weighted by Gasteiger charge is -2.14. The summed E-state index contributed by atoms with van der Waals surface area (Å²) in [6.07, 6.45) is 8.04. The maximum Gasteiger partial charge on any atom is 0.128 e. The van der Waals surface area contributed by atoms with Crippen molar-refractivity contribution in [3.8, 4) is 5.75 Å². The Hall–Kier alpha value is -1.68. The third kappa shape index (κ3) is 4.39. The highest BCUT2D eigenvalue weighted by molar-refractivity contribution is 8.02. The Morgan fingerprint density at radius 2 is 2.19 bits per heavy atom. The molecule has 1 heterocycles. The third-order valence-electron chi connectivity index (χ3n) is 3.06. The fraction of sp³-hybridized carbons (Fsp3) is 0.353. The number of aromatic nitrogens is 2. The van der Waals surface area contributed by atoms with E-state index in [4.69, 9.17) is 4.74 Å². The van der Waals surface area contributed by atoms with E-state index in [9.17, 15) is 0 Å². The van der Waals surface area contributed by atoms with E-state index in [1.54, 1.807) is 6.20 Å². The molecule has 0 amide bonds. The summed E-state index contributed by atoms with van der Waals surface area (Å²) in [4.78, 5) is 4.16. The van der Waals surface area contributed by atoms with E-state index in [1.807, 2.05) is 54.0 Å². The summed E-state index contributed by atoms with van der Waals surface area (Å²) in [5.41, 5.74) is 2.21. The van der Waals surface area contributed by atoms with Crippen molar-refractivity contribution >= 4 is 17.5 Å². The first-order chi connectivity index (χ1) is 10.4. The smallest absolute Gasteiger partial charge is 0.128 e. The van der Waals surface area contributed by atoms with Crippen LogP contribution in [0.2, 0.25) is 0 Å². The second-order valence-electron chi connectivity index (χ2n) is 4.63. The van der Waals surface area contributed by atoms with Crippen LogP contribution in [0.5, 0.6) is 5.75 Å². The van der Waals surface area contributed by atoms with Crippen LogP contribution in [0, 0.1) is 0 Å².